The molecule has 1 unspecified atom stereocenters. The summed E-state index contributed by atoms with van der Waals surface area (Å²) in [6, 6.07) is 19.3. The Morgan fingerprint density at radius 2 is 1.75 bits per heavy atom. The smallest absolute Gasteiger partial charge is 0.317 e. The summed E-state index contributed by atoms with van der Waals surface area (Å²) >= 11 is 0. The molecule has 4 heterocycles. The van der Waals surface area contributed by atoms with Crippen molar-refractivity contribution in [3.05, 3.63) is 84.2 Å². The molecule has 0 spiro atoms. The molecule has 10 heteroatoms. The first-order chi connectivity index (χ1) is 17.8. The van der Waals surface area contributed by atoms with Crippen LogP contribution in [0.25, 0.3) is 11.5 Å². The Hall–Kier alpha value is -4.57. The fourth-order valence-electron chi connectivity index (χ4n) is 4.32. The van der Waals surface area contributed by atoms with Crippen LogP contribution in [0.4, 0.5) is 17.4 Å². The van der Waals surface area contributed by atoms with Crippen LogP contribution in [0.1, 0.15) is 11.1 Å². The highest BCUT2D eigenvalue weighted by molar-refractivity contribution is 6.19. The zero-order chi connectivity index (χ0) is 24.3. The highest BCUT2D eigenvalue weighted by atomic mass is 16.5. The first kappa shape index (κ1) is 21.9. The van der Waals surface area contributed by atoms with E-state index in [4.69, 9.17) is 14.1 Å². The number of anilines is 3. The van der Waals surface area contributed by atoms with E-state index >= 15 is 0 Å². The Bertz CT molecular complexity index is 1410. The Balaban J connectivity index is 1.32. The highest BCUT2D eigenvalue weighted by Gasteiger charge is 2.27. The molecular formula is C26H23N7O3. The molecule has 0 aliphatic carbocycles. The van der Waals surface area contributed by atoms with E-state index in [1.54, 1.807) is 12.4 Å². The minimum Gasteiger partial charge on any atom is -0.403 e. The summed E-state index contributed by atoms with van der Waals surface area (Å²) in [5.74, 6) is -0.0276. The monoisotopic (exact) mass is 481 g/mol. The van der Waals surface area contributed by atoms with Crippen molar-refractivity contribution in [2.45, 2.75) is 6.17 Å². The molecule has 0 saturated carbocycles. The number of fused-ring (bicyclic) bond motifs is 1. The second kappa shape index (κ2) is 9.59. The van der Waals surface area contributed by atoms with Gasteiger partial charge in [0.05, 0.1) is 35.9 Å². The van der Waals surface area contributed by atoms with Gasteiger partial charge in [0.2, 0.25) is 6.17 Å². The molecule has 6 rings (SSSR count). The number of nitrogens with one attached hydrogen (secondary N) is 2. The summed E-state index contributed by atoms with van der Waals surface area (Å²) in [6.07, 6.45) is 2.45. The van der Waals surface area contributed by atoms with Gasteiger partial charge in [-0.25, -0.2) is 4.99 Å². The van der Waals surface area contributed by atoms with Crippen LogP contribution in [0.15, 0.2) is 82.5 Å². The molecule has 4 aromatic rings. The standard InChI is InChI=1S/C26H23N7O3/c34-24-23(29-22(17-6-2-1-3-7-17)18-8-4-5-9-20(18)28-24)30-26-32-31-25(36-26)19-16-27-11-10-21(19)33-12-14-35-15-13-33/h1-11,16,23H,12-15H2,(H,28,34)(H,30,32). The molecule has 1 amide bonds. The molecule has 0 radical (unpaired) electrons. The Labute approximate surface area is 207 Å². The predicted molar refractivity (Wildman–Crippen MR) is 135 cm³/mol. The van der Waals surface area contributed by atoms with Gasteiger partial charge in [0, 0.05) is 36.6 Å². The zero-order valence-electron chi connectivity index (χ0n) is 19.3. The lowest BCUT2D eigenvalue weighted by Gasteiger charge is -2.29. The molecule has 1 saturated heterocycles. The van der Waals surface area contributed by atoms with Gasteiger partial charge in [0.1, 0.15) is 0 Å². The van der Waals surface area contributed by atoms with Gasteiger partial charge in [-0.15, -0.1) is 5.10 Å². The Kier molecular flexibility index (Phi) is 5.84. The summed E-state index contributed by atoms with van der Waals surface area (Å²) in [4.78, 5) is 24.3. The van der Waals surface area contributed by atoms with E-state index < -0.39 is 6.17 Å². The predicted octanol–water partition coefficient (Wildman–Crippen LogP) is 3.20. The quantitative estimate of drug-likeness (QED) is 0.446. The number of hydrogen-bond acceptors (Lipinski definition) is 9. The molecule has 10 nitrogen and oxygen atoms in total. The van der Waals surface area contributed by atoms with Crippen molar-refractivity contribution in [1.29, 1.82) is 0 Å². The zero-order valence-corrected chi connectivity index (χ0v) is 19.3. The van der Waals surface area contributed by atoms with E-state index in [0.29, 0.717) is 36.1 Å². The van der Waals surface area contributed by atoms with Crippen molar-refractivity contribution < 1.29 is 13.9 Å². The van der Waals surface area contributed by atoms with E-state index in [-0.39, 0.29) is 11.9 Å². The number of carbonyl (C=O) groups is 1. The van der Waals surface area contributed by atoms with E-state index in [1.165, 1.54) is 0 Å². The molecule has 1 fully saturated rings. The maximum Gasteiger partial charge on any atom is 0.317 e. The topological polar surface area (TPSA) is 118 Å². The second-order valence-corrected chi connectivity index (χ2v) is 8.33. The minimum atomic E-state index is -0.978. The summed E-state index contributed by atoms with van der Waals surface area (Å²) in [6.45, 7) is 2.82. The van der Waals surface area contributed by atoms with Crippen molar-refractivity contribution in [3.8, 4) is 11.5 Å². The van der Waals surface area contributed by atoms with Crippen LogP contribution in [0.2, 0.25) is 0 Å². The average Bonchev–Trinajstić information content (AvgIpc) is 3.35. The van der Waals surface area contributed by atoms with Crippen molar-refractivity contribution in [1.82, 2.24) is 15.2 Å². The van der Waals surface area contributed by atoms with E-state index in [9.17, 15) is 4.79 Å². The van der Waals surface area contributed by atoms with Gasteiger partial charge in [-0.2, -0.15) is 0 Å². The molecule has 2 N–H and O–H groups in total. The number of pyridine rings is 1. The maximum absolute atomic E-state index is 13.1. The third-order valence-corrected chi connectivity index (χ3v) is 6.06. The van der Waals surface area contributed by atoms with Crippen molar-refractivity contribution in [3.63, 3.8) is 0 Å². The fourth-order valence-corrected chi connectivity index (χ4v) is 4.32. The number of nitrogens with zero attached hydrogens (tertiary/aromatic N) is 5. The van der Waals surface area contributed by atoms with Crippen molar-refractivity contribution in [2.75, 3.05) is 41.8 Å². The SMILES string of the molecule is O=C1Nc2ccccc2C(c2ccccc2)=NC1Nc1nnc(-c2cnccc2N2CCOCC2)o1. The lowest BCUT2D eigenvalue weighted by Crippen LogP contribution is -2.36. The third kappa shape index (κ3) is 4.29. The lowest BCUT2D eigenvalue weighted by atomic mass is 10.0. The van der Waals surface area contributed by atoms with E-state index in [0.717, 1.165) is 29.9 Å². The summed E-state index contributed by atoms with van der Waals surface area (Å²) < 4.78 is 11.4. The van der Waals surface area contributed by atoms with Crippen LogP contribution in [0.5, 0.6) is 0 Å². The first-order valence-electron chi connectivity index (χ1n) is 11.7. The van der Waals surface area contributed by atoms with Gasteiger partial charge in [0.15, 0.2) is 0 Å². The normalized spacial score (nSPS) is 17.6. The van der Waals surface area contributed by atoms with E-state index in [1.807, 2.05) is 60.7 Å². The number of carbonyl (C=O) groups excluding carboxylic acids is 1. The fraction of sp³-hybridized carbons (Fsp3) is 0.192. The van der Waals surface area contributed by atoms with Crippen molar-refractivity contribution >= 4 is 29.0 Å². The van der Waals surface area contributed by atoms with Crippen LogP contribution in [-0.2, 0) is 9.53 Å². The molecule has 2 aliphatic rings. The van der Waals surface area contributed by atoms with Gasteiger partial charge >= 0.3 is 6.01 Å². The second-order valence-electron chi connectivity index (χ2n) is 8.33. The largest absolute Gasteiger partial charge is 0.403 e. The van der Waals surface area contributed by atoms with Crippen LogP contribution >= 0.6 is 0 Å². The third-order valence-electron chi connectivity index (χ3n) is 6.06. The van der Waals surface area contributed by atoms with Crippen LogP contribution < -0.4 is 15.5 Å². The van der Waals surface area contributed by atoms with Crippen LogP contribution in [-0.4, -0.2) is 59.3 Å². The van der Waals surface area contributed by atoms with Crippen molar-refractivity contribution in [2.24, 2.45) is 4.99 Å². The molecular weight excluding hydrogens is 458 g/mol. The number of benzene rings is 2. The Morgan fingerprint density at radius 3 is 2.61 bits per heavy atom. The van der Waals surface area contributed by atoms with Gasteiger partial charge in [-0.05, 0) is 12.1 Å². The number of para-hydroxylation sites is 1. The maximum atomic E-state index is 13.1. The van der Waals surface area contributed by atoms with Gasteiger partial charge in [-0.1, -0.05) is 53.6 Å². The van der Waals surface area contributed by atoms with Crippen LogP contribution in [0.3, 0.4) is 0 Å². The van der Waals surface area contributed by atoms with Gasteiger partial charge in [-0.3, -0.25) is 9.78 Å². The van der Waals surface area contributed by atoms with Gasteiger partial charge in [0.25, 0.3) is 11.8 Å². The summed E-state index contributed by atoms with van der Waals surface area (Å²) in [5.41, 5.74) is 4.75. The molecule has 1 atom stereocenters. The Morgan fingerprint density at radius 1 is 0.944 bits per heavy atom. The van der Waals surface area contributed by atoms with Gasteiger partial charge < -0.3 is 24.7 Å². The summed E-state index contributed by atoms with van der Waals surface area (Å²) in [5, 5.41) is 14.3. The first-order valence-corrected chi connectivity index (χ1v) is 11.7. The number of amides is 1. The molecule has 2 aromatic carbocycles. The molecule has 36 heavy (non-hydrogen) atoms. The number of morpholine rings is 1. The molecule has 2 aromatic heterocycles. The average molecular weight is 482 g/mol. The number of hydrogen-bond donors (Lipinski definition) is 2. The number of aromatic nitrogens is 3. The molecule has 2 aliphatic heterocycles. The summed E-state index contributed by atoms with van der Waals surface area (Å²) in [7, 11) is 0. The minimum absolute atomic E-state index is 0.0871. The number of benzodiazepines with no additional fused rings is 1. The van der Waals surface area contributed by atoms with Crippen LogP contribution in [0, 0.1) is 0 Å². The van der Waals surface area contributed by atoms with E-state index in [2.05, 4.69) is 30.7 Å². The lowest BCUT2D eigenvalue weighted by molar-refractivity contribution is -0.116. The highest BCUT2D eigenvalue weighted by Crippen LogP contribution is 2.31. The number of aliphatic imine (C=N–C) groups is 1. The molecule has 0 bridgehead atoms. The molecule has 180 valence electrons. The number of ether oxygens (including phenoxy) is 1. The number of rotatable bonds is 5.